The second-order valence-corrected chi connectivity index (χ2v) is 6.23. The molecule has 5 nitrogen and oxygen atoms in total. The van der Waals surface area contributed by atoms with Gasteiger partial charge in [-0.1, -0.05) is 36.0 Å². The number of aliphatic imine (C=N–C) groups is 1. The Hall–Kier alpha value is -2.78. The molecule has 0 aliphatic carbocycles. The summed E-state index contributed by atoms with van der Waals surface area (Å²) in [5, 5.41) is 11.7. The van der Waals surface area contributed by atoms with E-state index in [0.717, 1.165) is 16.8 Å². The number of carbonyl (C=O) groups excluding carboxylic acids is 1. The average molecular weight is 353 g/mol. The van der Waals surface area contributed by atoms with Gasteiger partial charge in [0.15, 0.2) is 11.4 Å². The number of ether oxygens (including phenoxy) is 1. The lowest BCUT2D eigenvalue weighted by Gasteiger charge is -2.08. The Kier molecular flexibility index (Phi) is 6.61. The molecule has 0 aliphatic heterocycles. The summed E-state index contributed by atoms with van der Waals surface area (Å²) in [5.74, 6) is -0.319. The highest BCUT2D eigenvalue weighted by Crippen LogP contribution is 2.24. The third-order valence-corrected chi connectivity index (χ3v) is 3.83. The van der Waals surface area contributed by atoms with Crippen LogP contribution in [0.1, 0.15) is 24.2 Å². The molecule has 0 saturated carbocycles. The largest absolute Gasteiger partial charge is 0.459 e. The Morgan fingerprint density at radius 3 is 2.16 bits per heavy atom. The van der Waals surface area contributed by atoms with Crippen molar-refractivity contribution in [1.82, 2.24) is 5.32 Å². The standard InChI is InChI=1S/C19H19N3O2S/c1-13(2)24-18(23)16-6-4-14(5-7-16)15-8-10-17(11-9-15)22-19(25-3)21-12-20/h4-11,13H,1-3H3,(H,21,22). The van der Waals surface area contributed by atoms with Crippen LogP contribution in [0.5, 0.6) is 0 Å². The predicted molar refractivity (Wildman–Crippen MR) is 102 cm³/mol. The fourth-order valence-electron chi connectivity index (χ4n) is 2.10. The van der Waals surface area contributed by atoms with Crippen molar-refractivity contribution in [3.63, 3.8) is 0 Å². The van der Waals surface area contributed by atoms with Crippen LogP contribution < -0.4 is 5.32 Å². The molecule has 2 aromatic rings. The second-order valence-electron chi connectivity index (χ2n) is 5.44. The molecule has 0 spiro atoms. The number of rotatable bonds is 4. The Labute approximate surface area is 151 Å². The Morgan fingerprint density at radius 2 is 1.68 bits per heavy atom. The molecule has 0 saturated heterocycles. The third kappa shape index (κ3) is 5.37. The summed E-state index contributed by atoms with van der Waals surface area (Å²) in [6.07, 6.45) is 3.58. The van der Waals surface area contributed by atoms with Gasteiger partial charge in [-0.3, -0.25) is 5.32 Å². The van der Waals surface area contributed by atoms with Crippen molar-refractivity contribution < 1.29 is 9.53 Å². The average Bonchev–Trinajstić information content (AvgIpc) is 2.61. The van der Waals surface area contributed by atoms with Crippen LogP contribution in [0.2, 0.25) is 0 Å². The van der Waals surface area contributed by atoms with Crippen LogP contribution in [0.15, 0.2) is 53.5 Å². The number of nitrogens with zero attached hydrogens (tertiary/aromatic N) is 2. The topological polar surface area (TPSA) is 74.5 Å². The number of benzene rings is 2. The highest BCUT2D eigenvalue weighted by Gasteiger charge is 2.09. The molecule has 0 radical (unpaired) electrons. The number of nitriles is 1. The number of hydrogen-bond donors (Lipinski definition) is 1. The lowest BCUT2D eigenvalue weighted by molar-refractivity contribution is 0.0378. The summed E-state index contributed by atoms with van der Waals surface area (Å²) >= 11 is 1.37. The molecule has 25 heavy (non-hydrogen) atoms. The maximum Gasteiger partial charge on any atom is 0.338 e. The van der Waals surface area contributed by atoms with Crippen molar-refractivity contribution in [2.24, 2.45) is 4.99 Å². The van der Waals surface area contributed by atoms with E-state index in [1.165, 1.54) is 11.8 Å². The molecule has 0 aliphatic rings. The van der Waals surface area contributed by atoms with Gasteiger partial charge in [0.05, 0.1) is 17.4 Å². The summed E-state index contributed by atoms with van der Waals surface area (Å²) in [4.78, 5) is 16.2. The zero-order chi connectivity index (χ0) is 18.2. The van der Waals surface area contributed by atoms with Crippen LogP contribution in [0.25, 0.3) is 11.1 Å². The van der Waals surface area contributed by atoms with E-state index < -0.39 is 0 Å². The fourth-order valence-corrected chi connectivity index (χ4v) is 2.44. The summed E-state index contributed by atoms with van der Waals surface area (Å²) < 4.78 is 5.18. The van der Waals surface area contributed by atoms with Crippen molar-refractivity contribution in [3.8, 4) is 17.3 Å². The van der Waals surface area contributed by atoms with Gasteiger partial charge in [-0.05, 0) is 55.5 Å². The van der Waals surface area contributed by atoms with Crippen LogP contribution in [0, 0.1) is 11.5 Å². The van der Waals surface area contributed by atoms with E-state index in [-0.39, 0.29) is 12.1 Å². The summed E-state index contributed by atoms with van der Waals surface area (Å²) in [6, 6.07) is 15.0. The van der Waals surface area contributed by atoms with Gasteiger partial charge >= 0.3 is 5.97 Å². The number of carbonyl (C=O) groups is 1. The van der Waals surface area contributed by atoms with E-state index in [0.29, 0.717) is 10.7 Å². The summed E-state index contributed by atoms with van der Waals surface area (Å²) in [7, 11) is 0. The zero-order valence-electron chi connectivity index (χ0n) is 14.3. The van der Waals surface area contributed by atoms with Gasteiger partial charge in [-0.15, -0.1) is 0 Å². The van der Waals surface area contributed by atoms with Crippen LogP contribution in [0.3, 0.4) is 0 Å². The quantitative estimate of drug-likeness (QED) is 0.291. The van der Waals surface area contributed by atoms with E-state index in [1.54, 1.807) is 12.1 Å². The monoisotopic (exact) mass is 353 g/mol. The van der Waals surface area contributed by atoms with E-state index in [1.807, 2.05) is 62.7 Å². The number of esters is 1. The summed E-state index contributed by atoms with van der Waals surface area (Å²) in [5.41, 5.74) is 3.30. The van der Waals surface area contributed by atoms with E-state index in [2.05, 4.69) is 10.3 Å². The Morgan fingerprint density at radius 1 is 1.12 bits per heavy atom. The minimum atomic E-state index is -0.319. The van der Waals surface area contributed by atoms with Crippen LogP contribution >= 0.6 is 11.8 Å². The van der Waals surface area contributed by atoms with E-state index in [4.69, 9.17) is 10.00 Å². The molecule has 0 aromatic heterocycles. The van der Waals surface area contributed by atoms with Gasteiger partial charge in [0.25, 0.3) is 0 Å². The van der Waals surface area contributed by atoms with E-state index in [9.17, 15) is 4.79 Å². The molecule has 0 heterocycles. The molecule has 0 unspecified atom stereocenters. The van der Waals surface area contributed by atoms with Crippen molar-refractivity contribution in [2.75, 3.05) is 6.26 Å². The second kappa shape index (κ2) is 8.90. The number of amidine groups is 1. The lowest BCUT2D eigenvalue weighted by Crippen LogP contribution is -2.12. The maximum atomic E-state index is 11.9. The number of thioether (sulfide) groups is 1. The molecule has 0 bridgehead atoms. The molecule has 6 heteroatoms. The molecule has 0 fully saturated rings. The first kappa shape index (κ1) is 18.6. The van der Waals surface area contributed by atoms with Crippen LogP contribution in [0.4, 0.5) is 5.69 Å². The van der Waals surface area contributed by atoms with Gasteiger partial charge in [0.2, 0.25) is 0 Å². The minimum absolute atomic E-state index is 0.137. The van der Waals surface area contributed by atoms with Gasteiger partial charge in [-0.2, -0.15) is 5.26 Å². The van der Waals surface area contributed by atoms with Crippen molar-refractivity contribution in [2.45, 2.75) is 20.0 Å². The van der Waals surface area contributed by atoms with Crippen molar-refractivity contribution in [1.29, 1.82) is 5.26 Å². The van der Waals surface area contributed by atoms with Gasteiger partial charge in [0.1, 0.15) is 0 Å². The molecule has 2 rings (SSSR count). The first-order valence-electron chi connectivity index (χ1n) is 7.72. The van der Waals surface area contributed by atoms with Crippen molar-refractivity contribution >= 4 is 28.6 Å². The first-order chi connectivity index (χ1) is 12.0. The van der Waals surface area contributed by atoms with Crippen LogP contribution in [-0.2, 0) is 4.74 Å². The molecule has 1 N–H and O–H groups in total. The summed E-state index contributed by atoms with van der Waals surface area (Å²) in [6.45, 7) is 3.65. The fraction of sp³-hybridized carbons (Fsp3) is 0.211. The highest BCUT2D eigenvalue weighted by molar-refractivity contribution is 8.13. The molecule has 0 atom stereocenters. The molecule has 0 amide bonds. The van der Waals surface area contributed by atoms with Gasteiger partial charge in [-0.25, -0.2) is 9.79 Å². The molecule has 128 valence electrons. The maximum absolute atomic E-state index is 11.9. The predicted octanol–water partition coefficient (Wildman–Crippen LogP) is 4.34. The minimum Gasteiger partial charge on any atom is -0.459 e. The molecular formula is C19H19N3O2S. The molecule has 2 aromatic carbocycles. The smallest absolute Gasteiger partial charge is 0.338 e. The SMILES string of the molecule is CSC(=Nc1ccc(-c2ccc(C(=O)OC(C)C)cc2)cc1)NC#N. The molecular weight excluding hydrogens is 334 g/mol. The Bertz CT molecular complexity index is 791. The highest BCUT2D eigenvalue weighted by atomic mass is 32.2. The van der Waals surface area contributed by atoms with Gasteiger partial charge < -0.3 is 4.74 Å². The third-order valence-electron chi connectivity index (χ3n) is 3.25. The van der Waals surface area contributed by atoms with Gasteiger partial charge in [0, 0.05) is 0 Å². The number of hydrogen-bond acceptors (Lipinski definition) is 5. The Balaban J connectivity index is 2.15. The first-order valence-corrected chi connectivity index (χ1v) is 8.95. The van der Waals surface area contributed by atoms with Crippen LogP contribution in [-0.4, -0.2) is 23.5 Å². The van der Waals surface area contributed by atoms with Crippen molar-refractivity contribution in [3.05, 3.63) is 54.1 Å². The normalized spacial score (nSPS) is 11.1. The number of nitrogens with one attached hydrogen (secondary N) is 1. The lowest BCUT2D eigenvalue weighted by atomic mass is 10.0. The zero-order valence-corrected chi connectivity index (χ0v) is 15.1. The van der Waals surface area contributed by atoms with E-state index >= 15 is 0 Å².